The van der Waals surface area contributed by atoms with E-state index < -0.39 is 0 Å². The van der Waals surface area contributed by atoms with Gasteiger partial charge in [0.1, 0.15) is 5.82 Å². The molecule has 1 aromatic heterocycles. The van der Waals surface area contributed by atoms with Crippen LogP contribution in [0.3, 0.4) is 0 Å². The molecule has 0 radical (unpaired) electrons. The number of aromatic nitrogens is 3. The van der Waals surface area contributed by atoms with E-state index in [0.717, 1.165) is 25.9 Å². The Balaban J connectivity index is 1.77. The Labute approximate surface area is 113 Å². The van der Waals surface area contributed by atoms with Gasteiger partial charge < -0.3 is 10.2 Å². The number of nitrogens with one attached hydrogen (secondary N) is 2. The quantitative estimate of drug-likeness (QED) is 0.830. The van der Waals surface area contributed by atoms with Crippen LogP contribution in [0.25, 0.3) is 0 Å². The van der Waals surface area contributed by atoms with E-state index in [1.807, 2.05) is 11.8 Å². The molecule has 3 heterocycles. The Kier molecular flexibility index (Phi) is 3.50. The van der Waals surface area contributed by atoms with E-state index in [4.69, 9.17) is 0 Å². The van der Waals surface area contributed by atoms with Crippen LogP contribution in [0, 0.1) is 6.92 Å². The molecule has 19 heavy (non-hydrogen) atoms. The molecule has 0 aliphatic carbocycles. The Morgan fingerprint density at radius 3 is 2.89 bits per heavy atom. The maximum absolute atomic E-state index is 12.5. The highest BCUT2D eigenvalue weighted by atomic mass is 16.2. The van der Waals surface area contributed by atoms with E-state index in [-0.39, 0.29) is 5.91 Å². The van der Waals surface area contributed by atoms with E-state index >= 15 is 0 Å². The topological polar surface area (TPSA) is 73.9 Å². The van der Waals surface area contributed by atoms with Crippen molar-refractivity contribution >= 4 is 5.91 Å². The molecular formula is C13H21N5O. The largest absolute Gasteiger partial charge is 0.331 e. The number of rotatable bonds is 2. The molecule has 0 bridgehead atoms. The molecule has 0 aromatic carbocycles. The maximum Gasteiger partial charge on any atom is 0.293 e. The highest BCUT2D eigenvalue weighted by Gasteiger charge is 2.35. The molecule has 2 unspecified atom stereocenters. The number of piperidine rings is 1. The number of hydrogen-bond donors (Lipinski definition) is 2. The van der Waals surface area contributed by atoms with Crippen molar-refractivity contribution in [1.29, 1.82) is 0 Å². The fourth-order valence-electron chi connectivity index (χ4n) is 3.23. The molecule has 2 fully saturated rings. The van der Waals surface area contributed by atoms with Crippen LogP contribution in [0.4, 0.5) is 0 Å². The summed E-state index contributed by atoms with van der Waals surface area (Å²) in [6.07, 6.45) is 5.76. The number of nitrogens with zero attached hydrogens (tertiary/aromatic N) is 3. The third kappa shape index (κ3) is 2.49. The molecule has 2 aliphatic rings. The van der Waals surface area contributed by atoms with E-state index in [1.54, 1.807) is 0 Å². The number of hydrogen-bond acceptors (Lipinski definition) is 4. The van der Waals surface area contributed by atoms with Gasteiger partial charge >= 0.3 is 0 Å². The smallest absolute Gasteiger partial charge is 0.293 e. The summed E-state index contributed by atoms with van der Waals surface area (Å²) in [6.45, 7) is 3.72. The Bertz CT molecular complexity index is 452. The maximum atomic E-state index is 12.5. The Hall–Kier alpha value is -1.43. The molecule has 1 amide bonds. The lowest BCUT2D eigenvalue weighted by Gasteiger charge is -2.38. The minimum atomic E-state index is -0.0252. The zero-order valence-electron chi connectivity index (χ0n) is 11.4. The van der Waals surface area contributed by atoms with Crippen LogP contribution >= 0.6 is 0 Å². The lowest BCUT2D eigenvalue weighted by atomic mass is 9.94. The summed E-state index contributed by atoms with van der Waals surface area (Å²) >= 11 is 0. The van der Waals surface area contributed by atoms with Crippen molar-refractivity contribution in [2.45, 2.75) is 51.1 Å². The van der Waals surface area contributed by atoms with Crippen LogP contribution in [-0.2, 0) is 0 Å². The first-order chi connectivity index (χ1) is 9.25. The molecule has 6 nitrogen and oxygen atoms in total. The predicted octanol–water partition coefficient (Wildman–Crippen LogP) is 0.860. The molecule has 3 rings (SSSR count). The second-order valence-electron chi connectivity index (χ2n) is 5.51. The number of amides is 1. The summed E-state index contributed by atoms with van der Waals surface area (Å²) in [7, 11) is 0. The average molecular weight is 263 g/mol. The molecule has 2 atom stereocenters. The van der Waals surface area contributed by atoms with Crippen LogP contribution < -0.4 is 5.32 Å². The van der Waals surface area contributed by atoms with Gasteiger partial charge in [-0.25, -0.2) is 4.98 Å². The first-order valence-corrected chi connectivity index (χ1v) is 7.19. The van der Waals surface area contributed by atoms with Gasteiger partial charge in [-0.3, -0.25) is 9.89 Å². The third-order valence-corrected chi connectivity index (χ3v) is 4.16. The molecule has 2 N–H and O–H groups in total. The summed E-state index contributed by atoms with van der Waals surface area (Å²) in [6, 6.07) is 0.756. The number of aromatic amines is 1. The highest BCUT2D eigenvalue weighted by molar-refractivity contribution is 5.90. The molecule has 6 heteroatoms. The van der Waals surface area contributed by atoms with Crippen molar-refractivity contribution < 1.29 is 4.79 Å². The summed E-state index contributed by atoms with van der Waals surface area (Å²) in [4.78, 5) is 18.7. The van der Waals surface area contributed by atoms with E-state index in [0.29, 0.717) is 23.7 Å². The fourth-order valence-corrected chi connectivity index (χ4v) is 3.23. The second-order valence-corrected chi connectivity index (χ2v) is 5.51. The van der Waals surface area contributed by atoms with E-state index in [2.05, 4.69) is 20.5 Å². The average Bonchev–Trinajstić information content (AvgIpc) is 3.09. The van der Waals surface area contributed by atoms with Gasteiger partial charge in [0.15, 0.2) is 0 Å². The minimum absolute atomic E-state index is 0.0252. The van der Waals surface area contributed by atoms with Crippen molar-refractivity contribution in [2.75, 3.05) is 13.1 Å². The number of H-pyrrole nitrogens is 1. The molecule has 1 aromatic rings. The van der Waals surface area contributed by atoms with Gasteiger partial charge in [0.2, 0.25) is 5.82 Å². The van der Waals surface area contributed by atoms with Gasteiger partial charge in [-0.1, -0.05) is 0 Å². The predicted molar refractivity (Wildman–Crippen MR) is 70.8 cm³/mol. The third-order valence-electron chi connectivity index (χ3n) is 4.16. The van der Waals surface area contributed by atoms with E-state index in [1.165, 1.54) is 19.3 Å². The van der Waals surface area contributed by atoms with Crippen LogP contribution in [0.2, 0.25) is 0 Å². The van der Waals surface area contributed by atoms with E-state index in [9.17, 15) is 4.79 Å². The second kappa shape index (κ2) is 5.28. The van der Waals surface area contributed by atoms with Gasteiger partial charge in [0.25, 0.3) is 5.91 Å². The van der Waals surface area contributed by atoms with Crippen molar-refractivity contribution in [1.82, 2.24) is 25.4 Å². The monoisotopic (exact) mass is 263 g/mol. The molecule has 104 valence electrons. The summed E-state index contributed by atoms with van der Waals surface area (Å²) < 4.78 is 0. The molecular weight excluding hydrogens is 242 g/mol. The van der Waals surface area contributed by atoms with Gasteiger partial charge in [-0.05, 0) is 45.6 Å². The molecule has 2 saturated heterocycles. The van der Waals surface area contributed by atoms with Crippen LogP contribution in [0.15, 0.2) is 0 Å². The highest BCUT2D eigenvalue weighted by Crippen LogP contribution is 2.25. The first kappa shape index (κ1) is 12.6. The molecule has 2 aliphatic heterocycles. The Morgan fingerprint density at radius 1 is 1.32 bits per heavy atom. The number of aryl methyl sites for hydroxylation is 1. The van der Waals surface area contributed by atoms with Crippen LogP contribution in [-0.4, -0.2) is 51.2 Å². The summed E-state index contributed by atoms with van der Waals surface area (Å²) in [5.74, 6) is 0.973. The normalized spacial score (nSPS) is 27.7. The van der Waals surface area contributed by atoms with Crippen molar-refractivity contribution in [3.8, 4) is 0 Å². The summed E-state index contributed by atoms with van der Waals surface area (Å²) in [5, 5.41) is 10.3. The Morgan fingerprint density at radius 2 is 2.21 bits per heavy atom. The standard InChI is InChI=1S/C13H21N5O/c1-9-15-12(17-16-9)13(19)18-8-3-2-6-11(18)10-5-4-7-14-10/h10-11,14H,2-8H2,1H3,(H,15,16,17). The number of carbonyl (C=O) groups is 1. The lowest BCUT2D eigenvalue weighted by Crippen LogP contribution is -2.52. The van der Waals surface area contributed by atoms with Gasteiger partial charge in [-0.2, -0.15) is 0 Å². The lowest BCUT2D eigenvalue weighted by molar-refractivity contribution is 0.0551. The molecule has 0 saturated carbocycles. The molecule has 0 spiro atoms. The SMILES string of the molecule is Cc1nc(C(=O)N2CCCCC2C2CCCN2)n[nH]1. The van der Waals surface area contributed by atoms with Crippen LogP contribution in [0.5, 0.6) is 0 Å². The van der Waals surface area contributed by atoms with Gasteiger partial charge in [0.05, 0.1) is 0 Å². The number of likely N-dealkylation sites (tertiary alicyclic amines) is 1. The van der Waals surface area contributed by atoms with Crippen molar-refractivity contribution in [3.05, 3.63) is 11.6 Å². The van der Waals surface area contributed by atoms with Gasteiger partial charge in [-0.15, -0.1) is 5.10 Å². The van der Waals surface area contributed by atoms with Crippen LogP contribution in [0.1, 0.15) is 48.5 Å². The fraction of sp³-hybridized carbons (Fsp3) is 0.769. The number of carbonyl (C=O) groups excluding carboxylic acids is 1. The summed E-state index contributed by atoms with van der Waals surface area (Å²) in [5.41, 5.74) is 0. The minimum Gasteiger partial charge on any atom is -0.331 e. The first-order valence-electron chi connectivity index (χ1n) is 7.19. The zero-order chi connectivity index (χ0) is 13.2. The van der Waals surface area contributed by atoms with Crippen molar-refractivity contribution in [3.63, 3.8) is 0 Å². The van der Waals surface area contributed by atoms with Gasteiger partial charge in [0, 0.05) is 18.6 Å². The van der Waals surface area contributed by atoms with Crippen molar-refractivity contribution in [2.24, 2.45) is 0 Å². The zero-order valence-corrected chi connectivity index (χ0v) is 11.4.